The van der Waals surface area contributed by atoms with E-state index in [9.17, 15) is 0 Å². The molecule has 0 aromatic carbocycles. The van der Waals surface area contributed by atoms with Crippen LogP contribution in [0.5, 0.6) is 0 Å². The van der Waals surface area contributed by atoms with Crippen LogP contribution in [-0.2, 0) is 13.5 Å². The molecule has 2 nitrogen and oxygen atoms in total. The van der Waals surface area contributed by atoms with Gasteiger partial charge in [0.25, 0.3) is 0 Å². The molecule has 0 aliphatic rings. The lowest BCUT2D eigenvalue weighted by Gasteiger charge is -2.24. The van der Waals surface area contributed by atoms with Gasteiger partial charge in [-0.2, -0.15) is 5.10 Å². The summed E-state index contributed by atoms with van der Waals surface area (Å²) < 4.78 is 1.80. The first-order valence-corrected chi connectivity index (χ1v) is 6.18. The van der Waals surface area contributed by atoms with Crippen molar-refractivity contribution >= 4 is 34.8 Å². The van der Waals surface area contributed by atoms with E-state index in [0.717, 1.165) is 22.8 Å². The Labute approximate surface area is 106 Å². The third kappa shape index (κ3) is 2.80. The molecule has 5 heteroatoms. The summed E-state index contributed by atoms with van der Waals surface area (Å²) in [7, 11) is 1.89. The molecule has 1 heterocycles. The minimum Gasteiger partial charge on any atom is -0.271 e. The van der Waals surface area contributed by atoms with Crippen LogP contribution in [0.2, 0.25) is 5.02 Å². The first-order valence-electron chi connectivity index (χ1n) is 4.73. The van der Waals surface area contributed by atoms with E-state index < -0.39 is 0 Å². The van der Waals surface area contributed by atoms with Crippen LogP contribution in [0.15, 0.2) is 0 Å². The van der Waals surface area contributed by atoms with Gasteiger partial charge in [0.2, 0.25) is 0 Å². The maximum Gasteiger partial charge on any atom is 0.0847 e. The lowest BCUT2D eigenvalue weighted by Crippen LogP contribution is -2.25. The highest BCUT2D eigenvalue weighted by Crippen LogP contribution is 2.30. The topological polar surface area (TPSA) is 17.8 Å². The fraction of sp³-hybridized carbons (Fsp3) is 0.700. The number of alkyl halides is 2. The van der Waals surface area contributed by atoms with Crippen LogP contribution in [0.3, 0.4) is 0 Å². The number of nitrogens with zero attached hydrogens (tertiary/aromatic N) is 2. The molecule has 0 radical (unpaired) electrons. The Morgan fingerprint density at radius 3 is 2.20 bits per heavy atom. The van der Waals surface area contributed by atoms with Gasteiger partial charge in [-0.15, -0.1) is 23.2 Å². The summed E-state index contributed by atoms with van der Waals surface area (Å²) in [6.45, 7) is 3.94. The average molecular weight is 270 g/mol. The summed E-state index contributed by atoms with van der Waals surface area (Å²) in [5, 5.41) is 4.98. The molecule has 86 valence electrons. The van der Waals surface area contributed by atoms with E-state index in [0.29, 0.717) is 11.8 Å². The third-order valence-electron chi connectivity index (χ3n) is 2.50. The molecule has 0 spiro atoms. The Morgan fingerprint density at radius 1 is 1.33 bits per heavy atom. The lowest BCUT2D eigenvalue weighted by atomic mass is 9.90. The van der Waals surface area contributed by atoms with Crippen molar-refractivity contribution in [2.45, 2.75) is 20.3 Å². The zero-order valence-corrected chi connectivity index (χ0v) is 11.4. The van der Waals surface area contributed by atoms with Gasteiger partial charge >= 0.3 is 0 Å². The molecule has 0 amide bonds. The second-order valence-electron chi connectivity index (χ2n) is 4.22. The van der Waals surface area contributed by atoms with Crippen LogP contribution in [0.25, 0.3) is 0 Å². The van der Waals surface area contributed by atoms with E-state index in [4.69, 9.17) is 34.8 Å². The highest BCUT2D eigenvalue weighted by molar-refractivity contribution is 6.31. The Balaban J connectivity index is 2.98. The fourth-order valence-electron chi connectivity index (χ4n) is 1.41. The van der Waals surface area contributed by atoms with Crippen molar-refractivity contribution in [2.75, 3.05) is 11.8 Å². The Morgan fingerprint density at radius 2 is 1.87 bits per heavy atom. The maximum atomic E-state index is 6.16. The predicted molar refractivity (Wildman–Crippen MR) is 66.2 cm³/mol. The second kappa shape index (κ2) is 4.94. The van der Waals surface area contributed by atoms with Crippen LogP contribution >= 0.6 is 34.8 Å². The van der Waals surface area contributed by atoms with Crippen LogP contribution in [0.4, 0.5) is 0 Å². The maximum absolute atomic E-state index is 6.16. The summed E-state index contributed by atoms with van der Waals surface area (Å²) >= 11 is 18.0. The van der Waals surface area contributed by atoms with E-state index in [1.165, 1.54) is 0 Å². The molecule has 0 aliphatic carbocycles. The fourth-order valence-corrected chi connectivity index (χ4v) is 2.11. The predicted octanol–water partition coefficient (Wildman–Crippen LogP) is 3.41. The highest BCUT2D eigenvalue weighted by atomic mass is 35.5. The molecule has 0 fully saturated rings. The SMILES string of the molecule is Cc1nn(C)c(CC(C)(CCl)CCl)c1Cl. The Kier molecular flexibility index (Phi) is 4.33. The van der Waals surface area contributed by atoms with Crippen molar-refractivity contribution in [1.82, 2.24) is 9.78 Å². The van der Waals surface area contributed by atoms with Gasteiger partial charge in [0.15, 0.2) is 0 Å². The van der Waals surface area contributed by atoms with Crippen molar-refractivity contribution in [3.05, 3.63) is 16.4 Å². The number of rotatable bonds is 4. The van der Waals surface area contributed by atoms with Gasteiger partial charge in [0.1, 0.15) is 0 Å². The first-order chi connectivity index (χ1) is 6.93. The normalized spacial score (nSPS) is 12.1. The summed E-state index contributed by atoms with van der Waals surface area (Å²) in [5.41, 5.74) is 1.71. The first kappa shape index (κ1) is 13.1. The average Bonchev–Trinajstić information content (AvgIpc) is 2.45. The van der Waals surface area contributed by atoms with E-state index in [2.05, 4.69) is 5.10 Å². The van der Waals surface area contributed by atoms with Crippen molar-refractivity contribution < 1.29 is 0 Å². The van der Waals surface area contributed by atoms with Crippen LogP contribution in [-0.4, -0.2) is 21.5 Å². The van der Waals surface area contributed by atoms with E-state index in [1.807, 2.05) is 20.9 Å². The molecule has 1 aromatic rings. The molecule has 1 aromatic heterocycles. The standard InChI is InChI=1S/C10H15Cl3N2/c1-7-9(13)8(15(3)14-7)4-10(2,5-11)6-12/h4-6H2,1-3H3. The molecule has 0 N–H and O–H groups in total. The van der Waals surface area contributed by atoms with Gasteiger partial charge in [-0.3, -0.25) is 4.68 Å². The smallest absolute Gasteiger partial charge is 0.0847 e. The number of aromatic nitrogens is 2. The number of halogens is 3. The number of hydrogen-bond acceptors (Lipinski definition) is 1. The monoisotopic (exact) mass is 268 g/mol. The molecule has 0 aliphatic heterocycles. The van der Waals surface area contributed by atoms with Gasteiger partial charge in [-0.25, -0.2) is 0 Å². The van der Waals surface area contributed by atoms with Crippen molar-refractivity contribution in [3.63, 3.8) is 0 Å². The van der Waals surface area contributed by atoms with E-state index >= 15 is 0 Å². The van der Waals surface area contributed by atoms with Gasteiger partial charge in [-0.05, 0) is 13.3 Å². The molecular weight excluding hydrogens is 254 g/mol. The molecular formula is C10H15Cl3N2. The van der Waals surface area contributed by atoms with Crippen molar-refractivity contribution in [1.29, 1.82) is 0 Å². The summed E-state index contributed by atoms with van der Waals surface area (Å²) in [5.74, 6) is 1.02. The molecule has 0 bridgehead atoms. The third-order valence-corrected chi connectivity index (χ3v) is 4.28. The van der Waals surface area contributed by atoms with Crippen LogP contribution in [0, 0.1) is 12.3 Å². The Bertz CT molecular complexity index is 343. The van der Waals surface area contributed by atoms with Gasteiger partial charge < -0.3 is 0 Å². The molecule has 1 rings (SSSR count). The second-order valence-corrected chi connectivity index (χ2v) is 5.14. The largest absolute Gasteiger partial charge is 0.271 e. The van der Waals surface area contributed by atoms with Crippen molar-refractivity contribution in [2.24, 2.45) is 12.5 Å². The highest BCUT2D eigenvalue weighted by Gasteiger charge is 2.26. The van der Waals surface area contributed by atoms with Crippen molar-refractivity contribution in [3.8, 4) is 0 Å². The minimum atomic E-state index is -0.132. The van der Waals surface area contributed by atoms with Crippen LogP contribution in [0.1, 0.15) is 18.3 Å². The molecule has 0 atom stereocenters. The minimum absolute atomic E-state index is 0.132. The van der Waals surface area contributed by atoms with Gasteiger partial charge in [-0.1, -0.05) is 18.5 Å². The number of hydrogen-bond donors (Lipinski definition) is 0. The molecule has 15 heavy (non-hydrogen) atoms. The quantitative estimate of drug-likeness (QED) is 0.766. The van der Waals surface area contributed by atoms with Gasteiger partial charge in [0, 0.05) is 24.2 Å². The summed E-state index contributed by atoms with van der Waals surface area (Å²) in [6.07, 6.45) is 0.746. The zero-order chi connectivity index (χ0) is 11.6. The molecule has 0 saturated carbocycles. The van der Waals surface area contributed by atoms with Crippen LogP contribution < -0.4 is 0 Å². The summed E-state index contributed by atoms with van der Waals surface area (Å²) in [6, 6.07) is 0. The zero-order valence-electron chi connectivity index (χ0n) is 9.15. The number of aryl methyl sites for hydroxylation is 2. The lowest BCUT2D eigenvalue weighted by molar-refractivity contribution is 0.411. The molecule has 0 saturated heterocycles. The van der Waals surface area contributed by atoms with E-state index in [-0.39, 0.29) is 5.41 Å². The summed E-state index contributed by atoms with van der Waals surface area (Å²) in [4.78, 5) is 0. The van der Waals surface area contributed by atoms with E-state index in [1.54, 1.807) is 4.68 Å². The molecule has 0 unspecified atom stereocenters. The van der Waals surface area contributed by atoms with Gasteiger partial charge in [0.05, 0.1) is 16.4 Å². The Hall–Kier alpha value is 0.0800.